The highest BCUT2D eigenvalue weighted by molar-refractivity contribution is 5.90. The number of rotatable bonds is 10. The average Bonchev–Trinajstić information content (AvgIpc) is 3.15. The Labute approximate surface area is 193 Å². The molecule has 0 spiro atoms. The maximum Gasteiger partial charge on any atom is 0.408 e. The Morgan fingerprint density at radius 1 is 1.00 bits per heavy atom. The molecule has 0 radical (unpaired) electrons. The zero-order chi connectivity index (χ0) is 24.0. The lowest BCUT2D eigenvalue weighted by atomic mass is 9.91. The van der Waals surface area contributed by atoms with Crippen molar-refractivity contribution < 1.29 is 29.0 Å². The third-order valence-corrected chi connectivity index (χ3v) is 6.33. The summed E-state index contributed by atoms with van der Waals surface area (Å²) in [6.07, 6.45) is -1.25. The Kier molecular flexibility index (Phi) is 7.71. The Hall–Kier alpha value is -3.39. The molecule has 2 aromatic carbocycles. The average molecular weight is 455 g/mol. The smallest absolute Gasteiger partial charge is 0.408 e. The number of carbonyl (C=O) groups excluding carboxylic acids is 2. The lowest BCUT2D eigenvalue weighted by Gasteiger charge is -2.31. The van der Waals surface area contributed by atoms with Crippen LogP contribution in [0.3, 0.4) is 0 Å². The van der Waals surface area contributed by atoms with E-state index in [1.165, 1.54) is 7.11 Å². The number of methoxy groups -OCH3 is 1. The summed E-state index contributed by atoms with van der Waals surface area (Å²) in [6.45, 7) is 3.48. The first-order chi connectivity index (χ1) is 15.9. The summed E-state index contributed by atoms with van der Waals surface area (Å²) in [4.78, 5) is 36.7. The molecule has 1 unspecified atom stereocenters. The maximum absolute atomic E-state index is 12.9. The van der Waals surface area contributed by atoms with E-state index in [0.29, 0.717) is 12.8 Å². The maximum atomic E-state index is 12.9. The predicted octanol–water partition coefficient (Wildman–Crippen LogP) is 3.30. The number of amides is 2. The zero-order valence-corrected chi connectivity index (χ0v) is 19.1. The monoisotopic (exact) mass is 454 g/mol. The predicted molar refractivity (Wildman–Crippen MR) is 123 cm³/mol. The molecular formula is C25H30N2O6. The lowest BCUT2D eigenvalue weighted by Crippen LogP contribution is -2.59. The van der Waals surface area contributed by atoms with Gasteiger partial charge in [0, 0.05) is 13.0 Å². The van der Waals surface area contributed by atoms with Gasteiger partial charge in [0.05, 0.1) is 6.54 Å². The van der Waals surface area contributed by atoms with Gasteiger partial charge in [-0.1, -0.05) is 62.4 Å². The fourth-order valence-electron chi connectivity index (χ4n) is 4.26. The van der Waals surface area contributed by atoms with E-state index < -0.39 is 29.6 Å². The van der Waals surface area contributed by atoms with Gasteiger partial charge in [0.2, 0.25) is 5.91 Å². The molecule has 1 aliphatic carbocycles. The molecule has 1 atom stereocenters. The normalized spacial score (nSPS) is 13.5. The summed E-state index contributed by atoms with van der Waals surface area (Å²) in [5.41, 5.74) is 3.23. The molecule has 1 aliphatic rings. The van der Waals surface area contributed by atoms with Gasteiger partial charge in [0.25, 0.3) is 0 Å². The van der Waals surface area contributed by atoms with Gasteiger partial charge in [0.15, 0.2) is 6.10 Å². The van der Waals surface area contributed by atoms with E-state index in [2.05, 4.69) is 22.8 Å². The molecule has 2 amide bonds. The SMILES string of the molecule is CCC(CC)(NC(=O)OCC1c2ccccc2-c2ccccc21)C(=O)NCC(OC)C(=O)O. The first kappa shape index (κ1) is 24.3. The zero-order valence-electron chi connectivity index (χ0n) is 19.1. The highest BCUT2D eigenvalue weighted by atomic mass is 16.5. The van der Waals surface area contributed by atoms with Gasteiger partial charge < -0.3 is 25.2 Å². The van der Waals surface area contributed by atoms with Crippen LogP contribution in [0, 0.1) is 0 Å². The first-order valence-corrected chi connectivity index (χ1v) is 11.0. The van der Waals surface area contributed by atoms with Gasteiger partial charge in [-0.3, -0.25) is 4.79 Å². The molecule has 0 aromatic heterocycles. The molecule has 0 saturated heterocycles. The molecule has 0 saturated carbocycles. The number of carboxylic acids is 1. The van der Waals surface area contributed by atoms with Crippen LogP contribution in [0.5, 0.6) is 0 Å². The van der Waals surface area contributed by atoms with E-state index in [0.717, 1.165) is 22.3 Å². The number of aliphatic carboxylic acids is 1. The number of carbonyl (C=O) groups is 3. The van der Waals surface area contributed by atoms with Crippen molar-refractivity contribution in [2.45, 2.75) is 44.2 Å². The van der Waals surface area contributed by atoms with Crippen molar-refractivity contribution in [3.8, 4) is 11.1 Å². The van der Waals surface area contributed by atoms with Crippen molar-refractivity contribution in [2.24, 2.45) is 0 Å². The highest BCUT2D eigenvalue weighted by Crippen LogP contribution is 2.44. The van der Waals surface area contributed by atoms with Gasteiger partial charge >= 0.3 is 12.1 Å². The fraction of sp³-hybridized carbons (Fsp3) is 0.400. The first-order valence-electron chi connectivity index (χ1n) is 11.0. The van der Waals surface area contributed by atoms with E-state index in [1.54, 1.807) is 13.8 Å². The summed E-state index contributed by atoms with van der Waals surface area (Å²) in [6, 6.07) is 16.1. The second-order valence-corrected chi connectivity index (χ2v) is 8.01. The summed E-state index contributed by atoms with van der Waals surface area (Å²) < 4.78 is 10.4. The number of carboxylic acid groups (broad SMARTS) is 1. The number of fused-ring (bicyclic) bond motifs is 3. The highest BCUT2D eigenvalue weighted by Gasteiger charge is 2.38. The minimum atomic E-state index is -1.22. The largest absolute Gasteiger partial charge is 0.479 e. The molecule has 0 fully saturated rings. The van der Waals surface area contributed by atoms with Crippen molar-refractivity contribution in [1.82, 2.24) is 10.6 Å². The van der Waals surface area contributed by atoms with E-state index in [9.17, 15) is 14.4 Å². The van der Waals surface area contributed by atoms with E-state index in [1.807, 2.05) is 36.4 Å². The molecule has 8 nitrogen and oxygen atoms in total. The number of hydrogen-bond donors (Lipinski definition) is 3. The molecule has 0 heterocycles. The number of alkyl carbamates (subject to hydrolysis) is 1. The van der Waals surface area contributed by atoms with Crippen molar-refractivity contribution in [3.63, 3.8) is 0 Å². The molecule has 0 aliphatic heterocycles. The topological polar surface area (TPSA) is 114 Å². The summed E-state index contributed by atoms with van der Waals surface area (Å²) >= 11 is 0. The van der Waals surface area contributed by atoms with Crippen molar-refractivity contribution in [2.75, 3.05) is 20.3 Å². The van der Waals surface area contributed by atoms with Crippen LogP contribution >= 0.6 is 0 Å². The molecule has 33 heavy (non-hydrogen) atoms. The summed E-state index contributed by atoms with van der Waals surface area (Å²) in [5, 5.41) is 14.4. The minimum absolute atomic E-state index is 0.0901. The van der Waals surface area contributed by atoms with Crippen LogP contribution in [0.4, 0.5) is 4.79 Å². The molecule has 8 heteroatoms. The number of hydrogen-bond acceptors (Lipinski definition) is 5. The van der Waals surface area contributed by atoms with E-state index in [4.69, 9.17) is 14.6 Å². The van der Waals surface area contributed by atoms with Gasteiger partial charge in [-0.2, -0.15) is 0 Å². The van der Waals surface area contributed by atoms with E-state index >= 15 is 0 Å². The van der Waals surface area contributed by atoms with Crippen LogP contribution in [0.2, 0.25) is 0 Å². The Balaban J connectivity index is 1.67. The Morgan fingerprint density at radius 2 is 1.55 bits per heavy atom. The molecule has 3 rings (SSSR count). The number of nitrogens with one attached hydrogen (secondary N) is 2. The van der Waals surface area contributed by atoms with Crippen LogP contribution in [0.15, 0.2) is 48.5 Å². The van der Waals surface area contributed by atoms with Crippen LogP contribution in [0.1, 0.15) is 43.7 Å². The minimum Gasteiger partial charge on any atom is -0.479 e. The van der Waals surface area contributed by atoms with Gasteiger partial charge in [-0.25, -0.2) is 9.59 Å². The van der Waals surface area contributed by atoms with Crippen LogP contribution in [-0.4, -0.2) is 55.0 Å². The van der Waals surface area contributed by atoms with Crippen molar-refractivity contribution in [3.05, 3.63) is 59.7 Å². The number of ether oxygens (including phenoxy) is 2. The quantitative estimate of drug-likeness (QED) is 0.508. The van der Waals surface area contributed by atoms with Crippen molar-refractivity contribution in [1.29, 1.82) is 0 Å². The molecule has 3 N–H and O–H groups in total. The Morgan fingerprint density at radius 3 is 2.03 bits per heavy atom. The standard InChI is InChI=1S/C25H30N2O6/c1-4-25(5-2,23(30)26-14-21(32-3)22(28)29)27-24(31)33-15-20-18-12-8-6-10-16(18)17-11-7-9-13-19(17)20/h6-13,20-21H,4-5,14-15H2,1-3H3,(H,26,30)(H,27,31)(H,28,29). The molecule has 0 bridgehead atoms. The van der Waals surface area contributed by atoms with Gasteiger partial charge in [-0.15, -0.1) is 0 Å². The lowest BCUT2D eigenvalue weighted by molar-refractivity contribution is -0.148. The Bertz CT molecular complexity index is 972. The summed E-state index contributed by atoms with van der Waals surface area (Å²) in [7, 11) is 1.26. The van der Waals surface area contributed by atoms with Crippen LogP contribution in [0.25, 0.3) is 11.1 Å². The second-order valence-electron chi connectivity index (χ2n) is 8.01. The number of benzene rings is 2. The third kappa shape index (κ3) is 5.01. The van der Waals surface area contributed by atoms with Crippen molar-refractivity contribution >= 4 is 18.0 Å². The third-order valence-electron chi connectivity index (χ3n) is 6.33. The van der Waals surface area contributed by atoms with Gasteiger partial charge in [0.1, 0.15) is 12.1 Å². The fourth-order valence-corrected chi connectivity index (χ4v) is 4.26. The van der Waals surface area contributed by atoms with Crippen LogP contribution in [-0.2, 0) is 19.1 Å². The van der Waals surface area contributed by atoms with E-state index in [-0.39, 0.29) is 19.1 Å². The summed E-state index contributed by atoms with van der Waals surface area (Å²) in [5.74, 6) is -1.75. The second kappa shape index (κ2) is 10.5. The van der Waals surface area contributed by atoms with Gasteiger partial charge in [-0.05, 0) is 35.1 Å². The molecule has 2 aromatic rings. The van der Waals surface area contributed by atoms with Crippen LogP contribution < -0.4 is 10.6 Å². The molecular weight excluding hydrogens is 424 g/mol. The molecule has 176 valence electrons.